The molecule has 0 unspecified atom stereocenters. The van der Waals surface area contributed by atoms with E-state index in [4.69, 9.17) is 4.74 Å². The second-order valence-electron chi connectivity index (χ2n) is 6.31. The van der Waals surface area contributed by atoms with E-state index in [1.54, 1.807) is 12.1 Å². The Morgan fingerprint density at radius 1 is 1.12 bits per heavy atom. The van der Waals surface area contributed by atoms with Crippen LogP contribution in [-0.2, 0) is 4.74 Å². The molecule has 0 radical (unpaired) electrons. The molecule has 2 aromatic carbocycles. The highest BCUT2D eigenvalue weighted by Crippen LogP contribution is 2.22. The summed E-state index contributed by atoms with van der Waals surface area (Å²) < 4.78 is 4.78. The maximum absolute atomic E-state index is 11.8. The summed E-state index contributed by atoms with van der Waals surface area (Å²) >= 11 is 0. The third-order valence-corrected chi connectivity index (χ3v) is 4.65. The largest absolute Gasteiger partial charge is 0.508 e. The lowest BCUT2D eigenvalue weighted by atomic mass is 10.1. The molecule has 1 fully saturated rings. The van der Waals surface area contributed by atoms with Gasteiger partial charge < -0.3 is 20.1 Å². The molecule has 0 bridgehead atoms. The summed E-state index contributed by atoms with van der Waals surface area (Å²) in [5.41, 5.74) is 2.30. The van der Waals surface area contributed by atoms with Crippen molar-refractivity contribution in [3.8, 4) is 5.75 Å². The lowest BCUT2D eigenvalue weighted by molar-refractivity contribution is 0.0601. The third kappa shape index (κ3) is 4.46. The summed E-state index contributed by atoms with van der Waals surface area (Å²) in [7, 11) is 1.34. The van der Waals surface area contributed by atoms with Crippen LogP contribution in [0.2, 0.25) is 0 Å². The number of hydrogen-bond acceptors (Lipinski definition) is 6. The molecule has 0 atom stereocenters. The molecule has 26 heavy (non-hydrogen) atoms. The van der Waals surface area contributed by atoms with Crippen LogP contribution in [0.25, 0.3) is 0 Å². The predicted octanol–water partition coefficient (Wildman–Crippen LogP) is 2.41. The molecule has 138 valence electrons. The van der Waals surface area contributed by atoms with Crippen molar-refractivity contribution in [2.24, 2.45) is 0 Å². The highest BCUT2D eigenvalue weighted by Gasteiger charge is 2.17. The van der Waals surface area contributed by atoms with E-state index in [-0.39, 0.29) is 5.75 Å². The van der Waals surface area contributed by atoms with E-state index in [9.17, 15) is 9.90 Å². The number of anilines is 2. The zero-order valence-corrected chi connectivity index (χ0v) is 15.0. The minimum Gasteiger partial charge on any atom is -0.508 e. The van der Waals surface area contributed by atoms with Gasteiger partial charge in [0.25, 0.3) is 0 Å². The van der Waals surface area contributed by atoms with Gasteiger partial charge in [0, 0.05) is 50.6 Å². The molecule has 0 spiro atoms. The molecule has 0 aliphatic carbocycles. The zero-order valence-electron chi connectivity index (χ0n) is 15.0. The second-order valence-corrected chi connectivity index (χ2v) is 6.31. The van der Waals surface area contributed by atoms with Gasteiger partial charge in [-0.25, -0.2) is 4.79 Å². The number of phenols is 1. The molecular weight excluding hydrogens is 330 g/mol. The SMILES string of the molecule is COC(=O)c1cc(O)ccc1NCCN1CCN(c2ccccc2)CC1. The molecule has 0 aromatic heterocycles. The second kappa shape index (κ2) is 8.58. The number of benzene rings is 2. The van der Waals surface area contributed by atoms with Gasteiger partial charge in [-0.1, -0.05) is 18.2 Å². The summed E-state index contributed by atoms with van der Waals surface area (Å²) in [5.74, 6) is -0.409. The quantitative estimate of drug-likeness (QED) is 0.613. The number of methoxy groups -OCH3 is 1. The van der Waals surface area contributed by atoms with Crippen LogP contribution in [0, 0.1) is 0 Å². The monoisotopic (exact) mass is 355 g/mol. The topological polar surface area (TPSA) is 65.0 Å². The van der Waals surface area contributed by atoms with E-state index in [1.165, 1.54) is 18.9 Å². The maximum Gasteiger partial charge on any atom is 0.340 e. The van der Waals surface area contributed by atoms with Gasteiger partial charge in [-0.15, -0.1) is 0 Å². The predicted molar refractivity (Wildman–Crippen MR) is 103 cm³/mol. The number of rotatable bonds is 6. The summed E-state index contributed by atoms with van der Waals surface area (Å²) in [4.78, 5) is 16.6. The first kappa shape index (κ1) is 18.1. The van der Waals surface area contributed by atoms with Crippen molar-refractivity contribution in [3.05, 3.63) is 54.1 Å². The smallest absolute Gasteiger partial charge is 0.340 e. The Balaban J connectivity index is 1.48. The zero-order chi connectivity index (χ0) is 18.4. The van der Waals surface area contributed by atoms with Crippen LogP contribution in [0.1, 0.15) is 10.4 Å². The van der Waals surface area contributed by atoms with E-state index >= 15 is 0 Å². The number of carbonyl (C=O) groups is 1. The lowest BCUT2D eigenvalue weighted by Crippen LogP contribution is -2.47. The molecule has 1 saturated heterocycles. The number of nitrogens with zero attached hydrogens (tertiary/aromatic N) is 2. The third-order valence-electron chi connectivity index (χ3n) is 4.65. The van der Waals surface area contributed by atoms with Crippen molar-refractivity contribution in [2.75, 3.05) is 56.6 Å². The van der Waals surface area contributed by atoms with Crippen molar-refractivity contribution < 1.29 is 14.6 Å². The van der Waals surface area contributed by atoms with Crippen molar-refractivity contribution in [3.63, 3.8) is 0 Å². The van der Waals surface area contributed by atoms with E-state index in [0.29, 0.717) is 11.3 Å². The first-order valence-electron chi connectivity index (χ1n) is 8.85. The standard InChI is InChI=1S/C20H25N3O3/c1-26-20(25)18-15-17(24)7-8-19(18)21-9-10-22-11-13-23(14-12-22)16-5-3-2-4-6-16/h2-8,15,21,24H,9-14H2,1H3. The van der Waals surface area contributed by atoms with Crippen LogP contribution in [0.4, 0.5) is 11.4 Å². The van der Waals surface area contributed by atoms with Crippen LogP contribution >= 0.6 is 0 Å². The fraction of sp³-hybridized carbons (Fsp3) is 0.350. The normalized spacial score (nSPS) is 14.9. The van der Waals surface area contributed by atoms with Gasteiger partial charge in [-0.3, -0.25) is 4.90 Å². The van der Waals surface area contributed by atoms with Crippen LogP contribution < -0.4 is 10.2 Å². The lowest BCUT2D eigenvalue weighted by Gasteiger charge is -2.36. The van der Waals surface area contributed by atoms with E-state index in [2.05, 4.69) is 39.4 Å². The Morgan fingerprint density at radius 3 is 2.54 bits per heavy atom. The van der Waals surface area contributed by atoms with Crippen LogP contribution in [0.15, 0.2) is 48.5 Å². The van der Waals surface area contributed by atoms with Gasteiger partial charge in [0.15, 0.2) is 0 Å². The number of nitrogens with one attached hydrogen (secondary N) is 1. The number of piperazine rings is 1. The molecule has 1 heterocycles. The molecule has 6 heteroatoms. The number of esters is 1. The average Bonchev–Trinajstić information content (AvgIpc) is 2.69. The Bertz CT molecular complexity index is 728. The Kier molecular flexibility index (Phi) is 5.96. The Hall–Kier alpha value is -2.73. The number of hydrogen-bond donors (Lipinski definition) is 2. The van der Waals surface area contributed by atoms with Gasteiger partial charge in [0.2, 0.25) is 0 Å². The van der Waals surface area contributed by atoms with E-state index in [0.717, 1.165) is 39.3 Å². The summed E-state index contributed by atoms with van der Waals surface area (Å²) in [6, 6.07) is 15.2. The summed E-state index contributed by atoms with van der Waals surface area (Å²) in [5, 5.41) is 12.9. The first-order chi connectivity index (χ1) is 12.7. The Morgan fingerprint density at radius 2 is 1.85 bits per heavy atom. The Labute approximate surface area is 154 Å². The van der Waals surface area contributed by atoms with Crippen LogP contribution in [-0.4, -0.2) is 62.4 Å². The highest BCUT2D eigenvalue weighted by atomic mass is 16.5. The van der Waals surface area contributed by atoms with E-state index in [1.807, 2.05) is 6.07 Å². The van der Waals surface area contributed by atoms with E-state index < -0.39 is 5.97 Å². The van der Waals surface area contributed by atoms with Gasteiger partial charge in [-0.05, 0) is 30.3 Å². The molecule has 3 rings (SSSR count). The fourth-order valence-electron chi connectivity index (χ4n) is 3.18. The molecule has 1 aliphatic rings. The fourth-order valence-corrected chi connectivity index (χ4v) is 3.18. The van der Waals surface area contributed by atoms with Gasteiger partial charge in [0.1, 0.15) is 5.75 Å². The average molecular weight is 355 g/mol. The number of carbonyl (C=O) groups excluding carboxylic acids is 1. The summed E-state index contributed by atoms with van der Waals surface area (Å²) in [6.07, 6.45) is 0. The van der Waals surface area contributed by atoms with Crippen LogP contribution in [0.5, 0.6) is 5.75 Å². The van der Waals surface area contributed by atoms with Crippen molar-refractivity contribution >= 4 is 17.3 Å². The van der Waals surface area contributed by atoms with Crippen molar-refractivity contribution in [2.45, 2.75) is 0 Å². The molecule has 2 N–H and O–H groups in total. The minimum atomic E-state index is -0.458. The highest BCUT2D eigenvalue weighted by molar-refractivity contribution is 5.96. The van der Waals surface area contributed by atoms with Crippen LogP contribution in [0.3, 0.4) is 0 Å². The number of para-hydroxylation sites is 1. The molecule has 1 aliphatic heterocycles. The molecule has 6 nitrogen and oxygen atoms in total. The van der Waals surface area contributed by atoms with Crippen molar-refractivity contribution in [1.29, 1.82) is 0 Å². The molecule has 0 amide bonds. The first-order valence-corrected chi connectivity index (χ1v) is 8.85. The molecule has 0 saturated carbocycles. The minimum absolute atomic E-state index is 0.0491. The van der Waals surface area contributed by atoms with Gasteiger partial charge >= 0.3 is 5.97 Å². The number of ether oxygens (including phenoxy) is 1. The van der Waals surface area contributed by atoms with Gasteiger partial charge in [0.05, 0.1) is 12.7 Å². The molecule has 2 aromatic rings. The molecular formula is C20H25N3O3. The number of aromatic hydroxyl groups is 1. The summed E-state index contributed by atoms with van der Waals surface area (Å²) in [6.45, 7) is 5.66. The number of phenolic OH excluding ortho intramolecular Hbond substituents is 1. The maximum atomic E-state index is 11.8. The van der Waals surface area contributed by atoms with Crippen molar-refractivity contribution in [1.82, 2.24) is 4.90 Å². The van der Waals surface area contributed by atoms with Gasteiger partial charge in [-0.2, -0.15) is 0 Å².